The molecule has 168 valence electrons. The lowest BCUT2D eigenvalue weighted by Crippen LogP contribution is -2.21. The van der Waals surface area contributed by atoms with Crippen LogP contribution in [0.2, 0.25) is 0 Å². The smallest absolute Gasteiger partial charge is 0.195 e. The minimum Gasteiger partial charge on any atom is -0.497 e. The van der Waals surface area contributed by atoms with Gasteiger partial charge in [0, 0.05) is 41.8 Å². The number of aromatic nitrogens is 5. The van der Waals surface area contributed by atoms with E-state index in [1.165, 1.54) is 5.69 Å². The number of hydrogen-bond acceptors (Lipinski definition) is 7. The van der Waals surface area contributed by atoms with Crippen molar-refractivity contribution in [3.8, 4) is 16.6 Å². The number of thioether (sulfide) groups is 1. The van der Waals surface area contributed by atoms with Crippen LogP contribution in [0, 0.1) is 5.92 Å². The molecule has 0 aliphatic heterocycles. The molecule has 0 spiro atoms. The highest BCUT2D eigenvalue weighted by atomic mass is 32.2. The number of rotatable bonds is 10. The first-order chi connectivity index (χ1) is 15.5. The molecular weight excluding hydrogens is 440 g/mol. The standard InChI is InChI=1S/C23H28N6OS2/c1-17(2)16-32-23-26-25-21(29(23)18-7-5-9-20(13-18)30-4)15-27(3)14-19-8-6-11-28(19)22-24-10-12-31-22/h5-13,17H,14-16H2,1-4H3. The molecule has 0 N–H and O–H groups in total. The Labute approximate surface area is 197 Å². The Hall–Kier alpha value is -2.62. The molecule has 0 unspecified atom stereocenters. The molecule has 0 fully saturated rings. The van der Waals surface area contributed by atoms with Gasteiger partial charge in [0.2, 0.25) is 0 Å². The van der Waals surface area contributed by atoms with Crippen molar-refractivity contribution in [2.24, 2.45) is 5.92 Å². The van der Waals surface area contributed by atoms with Crippen LogP contribution in [-0.4, -0.2) is 49.1 Å². The van der Waals surface area contributed by atoms with Crippen LogP contribution in [0.1, 0.15) is 25.4 Å². The summed E-state index contributed by atoms with van der Waals surface area (Å²) in [5.74, 6) is 3.27. The van der Waals surface area contributed by atoms with Gasteiger partial charge in [-0.05, 0) is 37.2 Å². The molecule has 0 aliphatic carbocycles. The SMILES string of the molecule is COc1cccc(-n2c(CN(C)Cc3cccn3-c3nccs3)nnc2SCC(C)C)c1. The molecule has 9 heteroatoms. The van der Waals surface area contributed by atoms with E-state index in [0.29, 0.717) is 12.5 Å². The summed E-state index contributed by atoms with van der Waals surface area (Å²) >= 11 is 3.37. The summed E-state index contributed by atoms with van der Waals surface area (Å²) in [6.07, 6.45) is 3.89. The monoisotopic (exact) mass is 468 g/mol. The van der Waals surface area contributed by atoms with Crippen molar-refractivity contribution >= 4 is 23.1 Å². The second-order valence-electron chi connectivity index (χ2n) is 8.00. The Balaban J connectivity index is 1.58. The number of hydrogen-bond donors (Lipinski definition) is 0. The highest BCUT2D eigenvalue weighted by molar-refractivity contribution is 7.99. The summed E-state index contributed by atoms with van der Waals surface area (Å²) in [6, 6.07) is 12.2. The highest BCUT2D eigenvalue weighted by Gasteiger charge is 2.18. The van der Waals surface area contributed by atoms with E-state index in [9.17, 15) is 0 Å². The molecule has 0 atom stereocenters. The molecule has 0 radical (unpaired) electrons. The summed E-state index contributed by atoms with van der Waals surface area (Å²) in [6.45, 7) is 5.86. The minimum atomic E-state index is 0.570. The molecule has 0 bridgehead atoms. The second kappa shape index (κ2) is 10.3. The van der Waals surface area contributed by atoms with Crippen molar-refractivity contribution in [2.45, 2.75) is 32.1 Å². The normalized spacial score (nSPS) is 11.6. The molecule has 0 amide bonds. The zero-order valence-corrected chi connectivity index (χ0v) is 20.4. The van der Waals surface area contributed by atoms with Gasteiger partial charge in [-0.1, -0.05) is 31.7 Å². The number of benzene rings is 1. The van der Waals surface area contributed by atoms with Gasteiger partial charge >= 0.3 is 0 Å². The van der Waals surface area contributed by atoms with E-state index in [1.807, 2.05) is 29.8 Å². The van der Waals surface area contributed by atoms with Crippen LogP contribution in [0.4, 0.5) is 0 Å². The predicted octanol–water partition coefficient (Wildman–Crippen LogP) is 4.90. The number of methoxy groups -OCH3 is 1. The maximum atomic E-state index is 5.45. The molecule has 3 aromatic heterocycles. The molecule has 1 aromatic carbocycles. The Kier molecular flexibility index (Phi) is 7.29. The molecule has 7 nitrogen and oxygen atoms in total. The summed E-state index contributed by atoms with van der Waals surface area (Å²) in [7, 11) is 3.79. The fraction of sp³-hybridized carbons (Fsp3) is 0.348. The van der Waals surface area contributed by atoms with Crippen molar-refractivity contribution in [2.75, 3.05) is 19.9 Å². The highest BCUT2D eigenvalue weighted by Crippen LogP contribution is 2.27. The number of ether oxygens (including phenoxy) is 1. The zero-order valence-electron chi connectivity index (χ0n) is 18.8. The van der Waals surface area contributed by atoms with Crippen LogP contribution in [0.15, 0.2) is 59.3 Å². The quantitative estimate of drug-likeness (QED) is 0.309. The molecule has 32 heavy (non-hydrogen) atoms. The Morgan fingerprint density at radius 3 is 2.78 bits per heavy atom. The number of nitrogens with zero attached hydrogens (tertiary/aromatic N) is 6. The lowest BCUT2D eigenvalue weighted by atomic mass is 10.3. The first-order valence-corrected chi connectivity index (χ1v) is 12.4. The van der Waals surface area contributed by atoms with E-state index >= 15 is 0 Å². The summed E-state index contributed by atoms with van der Waals surface area (Å²) < 4.78 is 9.73. The van der Waals surface area contributed by atoms with Gasteiger partial charge in [-0.2, -0.15) is 0 Å². The van der Waals surface area contributed by atoms with Crippen molar-refractivity contribution in [3.05, 3.63) is 65.7 Å². The Bertz CT molecular complexity index is 1140. The van der Waals surface area contributed by atoms with E-state index in [0.717, 1.165) is 39.8 Å². The van der Waals surface area contributed by atoms with Crippen molar-refractivity contribution in [3.63, 3.8) is 0 Å². The molecule has 0 saturated heterocycles. The van der Waals surface area contributed by atoms with Gasteiger partial charge in [-0.15, -0.1) is 21.5 Å². The molecule has 4 aromatic rings. The van der Waals surface area contributed by atoms with E-state index in [1.54, 1.807) is 30.2 Å². The fourth-order valence-corrected chi connectivity index (χ4v) is 4.96. The first kappa shape index (κ1) is 22.6. The van der Waals surface area contributed by atoms with Gasteiger partial charge in [-0.3, -0.25) is 14.0 Å². The largest absolute Gasteiger partial charge is 0.497 e. The van der Waals surface area contributed by atoms with Gasteiger partial charge in [-0.25, -0.2) is 4.98 Å². The average Bonchev–Trinajstić information content (AvgIpc) is 3.53. The summed E-state index contributed by atoms with van der Waals surface area (Å²) in [5.41, 5.74) is 2.19. The minimum absolute atomic E-state index is 0.570. The van der Waals surface area contributed by atoms with Crippen LogP contribution in [-0.2, 0) is 13.1 Å². The van der Waals surface area contributed by atoms with E-state index in [4.69, 9.17) is 4.74 Å². The van der Waals surface area contributed by atoms with E-state index in [-0.39, 0.29) is 0 Å². The first-order valence-electron chi connectivity index (χ1n) is 10.5. The van der Waals surface area contributed by atoms with Crippen LogP contribution in [0.5, 0.6) is 5.75 Å². The fourth-order valence-electron chi connectivity index (χ4n) is 3.39. The Morgan fingerprint density at radius 1 is 1.16 bits per heavy atom. The maximum absolute atomic E-state index is 5.45. The topological polar surface area (TPSA) is 61.0 Å². The maximum Gasteiger partial charge on any atom is 0.195 e. The van der Waals surface area contributed by atoms with Gasteiger partial charge < -0.3 is 4.74 Å². The lowest BCUT2D eigenvalue weighted by molar-refractivity contribution is 0.302. The van der Waals surface area contributed by atoms with Gasteiger partial charge in [0.25, 0.3) is 0 Å². The third-order valence-electron chi connectivity index (χ3n) is 4.86. The van der Waals surface area contributed by atoms with Crippen LogP contribution < -0.4 is 4.74 Å². The third-order valence-corrected chi connectivity index (χ3v) is 6.99. The van der Waals surface area contributed by atoms with Gasteiger partial charge in [0.05, 0.1) is 19.3 Å². The van der Waals surface area contributed by atoms with Crippen molar-refractivity contribution in [1.82, 2.24) is 29.2 Å². The summed E-state index contributed by atoms with van der Waals surface area (Å²) in [4.78, 5) is 6.69. The lowest BCUT2D eigenvalue weighted by Gasteiger charge is -2.18. The predicted molar refractivity (Wildman–Crippen MR) is 130 cm³/mol. The molecule has 3 heterocycles. The molecule has 0 aliphatic rings. The molecule has 0 saturated carbocycles. The zero-order chi connectivity index (χ0) is 22.5. The summed E-state index contributed by atoms with van der Waals surface area (Å²) in [5, 5.41) is 13.0. The van der Waals surface area contributed by atoms with Crippen molar-refractivity contribution in [1.29, 1.82) is 0 Å². The van der Waals surface area contributed by atoms with Gasteiger partial charge in [0.1, 0.15) is 5.75 Å². The van der Waals surface area contributed by atoms with E-state index < -0.39 is 0 Å². The van der Waals surface area contributed by atoms with Crippen LogP contribution in [0.3, 0.4) is 0 Å². The third kappa shape index (κ3) is 5.23. The number of thiazole rings is 1. The van der Waals surface area contributed by atoms with Crippen molar-refractivity contribution < 1.29 is 4.74 Å². The average molecular weight is 469 g/mol. The molecule has 4 rings (SSSR count). The second-order valence-corrected chi connectivity index (χ2v) is 9.86. The van der Waals surface area contributed by atoms with E-state index in [2.05, 4.69) is 74.5 Å². The Morgan fingerprint density at radius 2 is 2.03 bits per heavy atom. The van der Waals surface area contributed by atoms with Crippen LogP contribution in [0.25, 0.3) is 10.8 Å². The van der Waals surface area contributed by atoms with Crippen LogP contribution >= 0.6 is 23.1 Å². The molecular formula is C23H28N6OS2. The van der Waals surface area contributed by atoms with Gasteiger partial charge in [0.15, 0.2) is 16.1 Å².